The molecule has 6 N–H and O–H groups in total. The maximum Gasteiger partial charge on any atom is 0.472 e. The first kappa shape index (κ1) is 55.3. The molecule has 1 rings (SSSR count). The highest BCUT2D eigenvalue weighted by Gasteiger charge is 2.51. The third-order valence-electron chi connectivity index (χ3n) is 10.8. The number of rotatable bonds is 38. The molecule has 0 amide bonds. The van der Waals surface area contributed by atoms with Crippen LogP contribution >= 0.6 is 7.82 Å². The molecular weight excluding hydrogens is 779 g/mol. The van der Waals surface area contributed by atoms with Crippen LogP contribution in [-0.4, -0.2) is 98.3 Å². The Labute approximate surface area is 356 Å². The molecule has 0 aromatic carbocycles. The molecule has 346 valence electrons. The van der Waals surface area contributed by atoms with Gasteiger partial charge in [0.05, 0.1) is 6.61 Å². The smallest absolute Gasteiger partial charge is 0.462 e. The van der Waals surface area contributed by atoms with Crippen LogP contribution in [0.1, 0.15) is 194 Å². The summed E-state index contributed by atoms with van der Waals surface area (Å²) in [5.41, 5.74) is 0. The molecule has 0 aromatic rings. The summed E-state index contributed by atoms with van der Waals surface area (Å²) in [6.07, 6.45) is 25.1. The Morgan fingerprint density at radius 3 is 1.31 bits per heavy atom. The number of phosphoric ester groups is 1. The van der Waals surface area contributed by atoms with Crippen LogP contribution in [-0.2, 0) is 32.7 Å². The number of carbonyl (C=O) groups is 2. The molecule has 0 aliphatic heterocycles. The maximum absolute atomic E-state index is 12.8. The van der Waals surface area contributed by atoms with Gasteiger partial charge in [0.15, 0.2) is 6.10 Å². The normalized spacial score (nSPS) is 22.5. The van der Waals surface area contributed by atoms with Crippen LogP contribution in [0.2, 0.25) is 0 Å². The SMILES string of the molecule is CCCCCCC=CCCCCCCCCCC(=O)OCC(COP(=O)(O)OC1C(O)C(O)C(O)C(O)C1O)OC(=O)CCCCCCCC=CCCCCCCCC. The fourth-order valence-corrected chi connectivity index (χ4v) is 7.95. The van der Waals surface area contributed by atoms with Gasteiger partial charge in [0.25, 0.3) is 0 Å². The number of ether oxygens (including phenoxy) is 2. The molecule has 6 unspecified atom stereocenters. The highest BCUT2D eigenvalue weighted by atomic mass is 31.2. The third-order valence-corrected chi connectivity index (χ3v) is 11.8. The van der Waals surface area contributed by atoms with Crippen molar-refractivity contribution in [3.63, 3.8) is 0 Å². The molecular formula is C45H83O13P. The van der Waals surface area contributed by atoms with E-state index in [-0.39, 0.29) is 12.8 Å². The Morgan fingerprint density at radius 1 is 0.508 bits per heavy atom. The van der Waals surface area contributed by atoms with E-state index in [1.807, 2.05) is 0 Å². The number of aliphatic hydroxyl groups excluding tert-OH is 5. The summed E-state index contributed by atoms with van der Waals surface area (Å²) in [6.45, 7) is 3.27. The number of esters is 2. The van der Waals surface area contributed by atoms with Crippen LogP contribution in [0.3, 0.4) is 0 Å². The molecule has 1 aliphatic carbocycles. The van der Waals surface area contributed by atoms with E-state index in [1.165, 1.54) is 83.5 Å². The summed E-state index contributed by atoms with van der Waals surface area (Å²) < 4.78 is 33.5. The van der Waals surface area contributed by atoms with Gasteiger partial charge in [-0.3, -0.25) is 18.6 Å². The monoisotopic (exact) mass is 863 g/mol. The third kappa shape index (κ3) is 28.5. The van der Waals surface area contributed by atoms with Gasteiger partial charge >= 0.3 is 19.8 Å². The van der Waals surface area contributed by atoms with Crippen molar-refractivity contribution in [2.24, 2.45) is 0 Å². The lowest BCUT2D eigenvalue weighted by molar-refractivity contribution is -0.220. The number of hydrogen-bond donors (Lipinski definition) is 6. The number of phosphoric acid groups is 1. The first-order valence-electron chi connectivity index (χ1n) is 23.1. The Hall–Kier alpha value is -1.67. The zero-order valence-electron chi connectivity index (χ0n) is 36.6. The fourth-order valence-electron chi connectivity index (χ4n) is 6.98. The van der Waals surface area contributed by atoms with E-state index in [9.17, 15) is 44.6 Å². The van der Waals surface area contributed by atoms with Crippen molar-refractivity contribution in [3.05, 3.63) is 24.3 Å². The van der Waals surface area contributed by atoms with Crippen molar-refractivity contribution < 1.29 is 63.1 Å². The number of allylic oxidation sites excluding steroid dienone is 4. The molecule has 0 bridgehead atoms. The average Bonchev–Trinajstić information content (AvgIpc) is 3.21. The highest BCUT2D eigenvalue weighted by molar-refractivity contribution is 7.47. The second kappa shape index (κ2) is 35.9. The zero-order valence-corrected chi connectivity index (χ0v) is 37.4. The van der Waals surface area contributed by atoms with Crippen LogP contribution in [0.25, 0.3) is 0 Å². The lowest BCUT2D eigenvalue weighted by Gasteiger charge is -2.41. The van der Waals surface area contributed by atoms with Gasteiger partial charge in [-0.05, 0) is 64.2 Å². The van der Waals surface area contributed by atoms with Gasteiger partial charge in [-0.1, -0.05) is 141 Å². The van der Waals surface area contributed by atoms with E-state index < -0.39 is 75.7 Å². The first-order valence-corrected chi connectivity index (χ1v) is 24.6. The average molecular weight is 863 g/mol. The summed E-state index contributed by atoms with van der Waals surface area (Å²) in [7, 11) is -5.12. The minimum Gasteiger partial charge on any atom is -0.462 e. The van der Waals surface area contributed by atoms with E-state index in [2.05, 4.69) is 38.2 Å². The minimum absolute atomic E-state index is 0.0876. The molecule has 59 heavy (non-hydrogen) atoms. The Morgan fingerprint density at radius 2 is 0.864 bits per heavy atom. The molecule has 1 aliphatic rings. The van der Waals surface area contributed by atoms with Crippen LogP contribution in [0.4, 0.5) is 0 Å². The summed E-state index contributed by atoms with van der Waals surface area (Å²) in [6, 6.07) is 0. The number of unbranched alkanes of at least 4 members (excludes halogenated alkanes) is 22. The van der Waals surface area contributed by atoms with E-state index in [4.69, 9.17) is 18.5 Å². The van der Waals surface area contributed by atoms with E-state index in [1.54, 1.807) is 0 Å². The second-order valence-corrected chi connectivity index (χ2v) is 17.7. The molecule has 13 nitrogen and oxygen atoms in total. The zero-order chi connectivity index (χ0) is 43.6. The van der Waals surface area contributed by atoms with Crippen molar-refractivity contribution in [1.82, 2.24) is 0 Å². The molecule has 14 heteroatoms. The highest BCUT2D eigenvalue weighted by Crippen LogP contribution is 2.47. The predicted molar refractivity (Wildman–Crippen MR) is 230 cm³/mol. The van der Waals surface area contributed by atoms with Crippen molar-refractivity contribution in [1.29, 1.82) is 0 Å². The van der Waals surface area contributed by atoms with Gasteiger partial charge < -0.3 is 39.9 Å². The molecule has 0 heterocycles. The van der Waals surface area contributed by atoms with Gasteiger partial charge in [-0.15, -0.1) is 0 Å². The maximum atomic E-state index is 12.8. The van der Waals surface area contributed by atoms with Crippen LogP contribution < -0.4 is 0 Å². The minimum atomic E-state index is -5.12. The summed E-state index contributed by atoms with van der Waals surface area (Å²) in [5.74, 6) is -1.11. The first-order chi connectivity index (χ1) is 28.4. The van der Waals surface area contributed by atoms with Crippen molar-refractivity contribution in [2.45, 2.75) is 236 Å². The topological polar surface area (TPSA) is 210 Å². The van der Waals surface area contributed by atoms with E-state index in [0.29, 0.717) is 12.8 Å². The second-order valence-electron chi connectivity index (χ2n) is 16.3. The quantitative estimate of drug-likeness (QED) is 0.0149. The lowest BCUT2D eigenvalue weighted by Crippen LogP contribution is -2.64. The molecule has 0 spiro atoms. The van der Waals surface area contributed by atoms with Crippen LogP contribution in [0.15, 0.2) is 24.3 Å². The standard InChI is InChI=1S/C45H83O13P/c1-3-5-7-9-11-13-15-17-19-21-23-25-27-29-31-33-38(46)55-35-37(36-56-59(53,54)58-45-43(51)41(49)40(48)42(50)44(45)52)57-39(47)34-32-30-28-26-24-22-20-18-16-14-12-10-8-6-4-2/h13,15,18,20,37,40-45,48-52H,3-12,14,16-17,19,21-36H2,1-2H3,(H,53,54). The molecule has 1 fully saturated rings. The fraction of sp³-hybridized carbons (Fsp3) is 0.867. The predicted octanol–water partition coefficient (Wildman–Crippen LogP) is 8.84. The largest absolute Gasteiger partial charge is 0.472 e. The van der Waals surface area contributed by atoms with Crippen molar-refractivity contribution in [3.8, 4) is 0 Å². The van der Waals surface area contributed by atoms with Gasteiger partial charge in [0.2, 0.25) is 0 Å². The summed E-state index contributed by atoms with van der Waals surface area (Å²) in [5, 5.41) is 50.1. The lowest BCUT2D eigenvalue weighted by atomic mass is 9.85. The van der Waals surface area contributed by atoms with E-state index >= 15 is 0 Å². The van der Waals surface area contributed by atoms with Gasteiger partial charge in [0, 0.05) is 12.8 Å². The molecule has 6 atom stereocenters. The van der Waals surface area contributed by atoms with Gasteiger partial charge in [-0.2, -0.15) is 0 Å². The van der Waals surface area contributed by atoms with E-state index in [0.717, 1.165) is 70.6 Å². The van der Waals surface area contributed by atoms with Crippen molar-refractivity contribution >= 4 is 19.8 Å². The number of carbonyl (C=O) groups excluding carboxylic acids is 2. The van der Waals surface area contributed by atoms with Gasteiger partial charge in [0.1, 0.15) is 43.2 Å². The summed E-state index contributed by atoms with van der Waals surface area (Å²) >= 11 is 0. The molecule has 0 radical (unpaired) electrons. The Bertz CT molecular complexity index is 1130. The Kier molecular flexibility index (Phi) is 33.7. The number of aliphatic hydroxyl groups is 5. The van der Waals surface area contributed by atoms with Crippen LogP contribution in [0.5, 0.6) is 0 Å². The number of hydrogen-bond acceptors (Lipinski definition) is 12. The summed E-state index contributed by atoms with van der Waals surface area (Å²) in [4.78, 5) is 35.7. The van der Waals surface area contributed by atoms with Crippen molar-refractivity contribution in [2.75, 3.05) is 13.2 Å². The van der Waals surface area contributed by atoms with Gasteiger partial charge in [-0.25, -0.2) is 4.57 Å². The molecule has 1 saturated carbocycles. The van der Waals surface area contributed by atoms with Crippen LogP contribution in [0, 0.1) is 0 Å². The molecule has 0 saturated heterocycles. The Balaban J connectivity index is 2.47. The molecule has 0 aromatic heterocycles.